The summed E-state index contributed by atoms with van der Waals surface area (Å²) in [5.41, 5.74) is 1.18. The second kappa shape index (κ2) is 6.31. The van der Waals surface area contributed by atoms with Gasteiger partial charge in [0.2, 0.25) is 5.78 Å². The predicted octanol–water partition coefficient (Wildman–Crippen LogP) is 0.609. The number of aromatic hydroxyl groups is 1. The fourth-order valence-electron chi connectivity index (χ4n) is 4.97. The molecule has 1 aromatic carbocycles. The number of carbonyl (C=O) groups is 3. The van der Waals surface area contributed by atoms with Crippen molar-refractivity contribution in [2.45, 2.75) is 31.0 Å². The zero-order valence-electron chi connectivity index (χ0n) is 15.6. The van der Waals surface area contributed by atoms with E-state index in [-0.39, 0.29) is 10.6 Å². The summed E-state index contributed by atoms with van der Waals surface area (Å²) in [6.45, 7) is 1.64. The number of phenols is 1. The van der Waals surface area contributed by atoms with E-state index in [1.54, 1.807) is 6.92 Å². The molecule has 1 saturated carbocycles. The standard InChI is InChI=1S/C20H18ClNO8/c1-5-6-2-3-8(21)15(25)11(6)16(26)13-10(5)14(24)7-4-9(23)12(19(22)29)17(27)20(7,30)18(13)28/h2-3,5,7,10,14,24-27,30H,4H2,1H3,(H2,22,29)/t5-,7+,10+,14+,20+/m0/s1. The Labute approximate surface area is 174 Å². The van der Waals surface area contributed by atoms with Gasteiger partial charge in [-0.05, 0) is 17.5 Å². The molecule has 0 unspecified atom stereocenters. The van der Waals surface area contributed by atoms with E-state index in [1.165, 1.54) is 12.1 Å². The van der Waals surface area contributed by atoms with E-state index in [1.807, 2.05) is 0 Å². The zero-order valence-corrected chi connectivity index (χ0v) is 16.3. The number of Topliss-reactive ketones (excluding diaryl/α,β-unsaturated/α-hetero) is 2. The summed E-state index contributed by atoms with van der Waals surface area (Å²) < 4.78 is 0. The first-order valence-corrected chi connectivity index (χ1v) is 9.49. The number of amides is 1. The molecule has 4 rings (SSSR count). The number of ketones is 2. The van der Waals surface area contributed by atoms with Crippen molar-refractivity contribution in [1.82, 2.24) is 0 Å². The number of halogens is 1. The van der Waals surface area contributed by atoms with Gasteiger partial charge in [-0.15, -0.1) is 0 Å². The summed E-state index contributed by atoms with van der Waals surface area (Å²) in [4.78, 5) is 37.3. The number of benzene rings is 1. The number of hydrogen-bond acceptors (Lipinski definition) is 8. The fourth-order valence-corrected chi connectivity index (χ4v) is 5.13. The molecule has 0 heterocycles. The molecule has 0 spiro atoms. The third-order valence-electron chi connectivity index (χ3n) is 6.45. The summed E-state index contributed by atoms with van der Waals surface area (Å²) in [5.74, 6) is -9.04. The molecule has 30 heavy (non-hydrogen) atoms. The van der Waals surface area contributed by atoms with Crippen LogP contribution in [0.4, 0.5) is 0 Å². The second-order valence-electron chi connectivity index (χ2n) is 7.84. The highest BCUT2D eigenvalue weighted by atomic mass is 35.5. The SMILES string of the molecule is C[C@H]1c2ccc(Cl)c(O)c2C(O)=C2C(=O)[C@]3(O)C(O)=C(C(N)=O)C(=O)C[C@@H]3[C@@H](O)[C@@H]21. The van der Waals surface area contributed by atoms with Crippen LogP contribution in [0.2, 0.25) is 5.02 Å². The molecule has 0 saturated heterocycles. The lowest BCUT2D eigenvalue weighted by Gasteiger charge is -2.50. The molecule has 7 N–H and O–H groups in total. The molecule has 9 nitrogen and oxygen atoms in total. The number of primary amides is 1. The molecule has 1 amide bonds. The Morgan fingerprint density at radius 3 is 2.47 bits per heavy atom. The summed E-state index contributed by atoms with van der Waals surface area (Å²) in [6.07, 6.45) is -2.16. The normalized spacial score (nSPS) is 33.2. The Kier molecular flexibility index (Phi) is 4.29. The Balaban J connectivity index is 2.03. The van der Waals surface area contributed by atoms with Crippen LogP contribution in [0.1, 0.15) is 30.4 Å². The van der Waals surface area contributed by atoms with E-state index in [0.29, 0.717) is 5.56 Å². The molecule has 3 aliphatic carbocycles. The van der Waals surface area contributed by atoms with Crippen LogP contribution < -0.4 is 5.73 Å². The van der Waals surface area contributed by atoms with Crippen molar-refractivity contribution in [3.8, 4) is 5.75 Å². The largest absolute Gasteiger partial charge is 0.508 e. The van der Waals surface area contributed by atoms with E-state index >= 15 is 0 Å². The van der Waals surface area contributed by atoms with Gasteiger partial charge in [-0.3, -0.25) is 14.4 Å². The Hall–Kier alpha value is -2.88. The molecule has 0 aromatic heterocycles. The topological polar surface area (TPSA) is 178 Å². The van der Waals surface area contributed by atoms with E-state index in [2.05, 4.69) is 0 Å². The van der Waals surface area contributed by atoms with Gasteiger partial charge >= 0.3 is 0 Å². The molecule has 0 radical (unpaired) electrons. The maximum absolute atomic E-state index is 13.4. The minimum absolute atomic E-state index is 0.0889. The first-order valence-electron chi connectivity index (χ1n) is 9.11. The quantitative estimate of drug-likeness (QED) is 0.347. The average Bonchev–Trinajstić information content (AvgIpc) is 2.67. The Morgan fingerprint density at radius 1 is 1.23 bits per heavy atom. The summed E-state index contributed by atoms with van der Waals surface area (Å²) in [6, 6.07) is 2.93. The summed E-state index contributed by atoms with van der Waals surface area (Å²) >= 11 is 5.93. The number of phenolic OH excluding ortho intramolecular Hbond substituents is 1. The minimum atomic E-state index is -2.84. The van der Waals surface area contributed by atoms with Crippen molar-refractivity contribution in [2.75, 3.05) is 0 Å². The van der Waals surface area contributed by atoms with Crippen molar-refractivity contribution in [1.29, 1.82) is 0 Å². The Bertz CT molecular complexity index is 1110. The van der Waals surface area contributed by atoms with E-state index < -0.39 is 81.8 Å². The van der Waals surface area contributed by atoms with Gasteiger partial charge in [0, 0.05) is 23.8 Å². The zero-order chi connectivity index (χ0) is 22.3. The third-order valence-corrected chi connectivity index (χ3v) is 6.76. The highest BCUT2D eigenvalue weighted by Gasteiger charge is 2.64. The predicted molar refractivity (Wildman–Crippen MR) is 102 cm³/mol. The number of aliphatic hydroxyl groups excluding tert-OH is 3. The van der Waals surface area contributed by atoms with Gasteiger partial charge < -0.3 is 31.3 Å². The number of carbonyl (C=O) groups excluding carboxylic acids is 3. The van der Waals surface area contributed by atoms with E-state index in [4.69, 9.17) is 17.3 Å². The van der Waals surface area contributed by atoms with Gasteiger partial charge in [0.15, 0.2) is 11.4 Å². The molecule has 1 aromatic rings. The minimum Gasteiger partial charge on any atom is -0.508 e. The molecule has 3 aliphatic rings. The van der Waals surface area contributed by atoms with Crippen molar-refractivity contribution in [3.05, 3.63) is 45.2 Å². The van der Waals surface area contributed by atoms with Crippen LogP contribution in [0.3, 0.4) is 0 Å². The van der Waals surface area contributed by atoms with Crippen LogP contribution in [0.15, 0.2) is 29.0 Å². The number of hydrogen-bond donors (Lipinski definition) is 6. The third kappa shape index (κ3) is 2.28. The molecule has 0 bridgehead atoms. The molecule has 158 valence electrons. The Morgan fingerprint density at radius 2 is 1.87 bits per heavy atom. The van der Waals surface area contributed by atoms with Crippen LogP contribution >= 0.6 is 11.6 Å². The first-order chi connectivity index (χ1) is 13.9. The van der Waals surface area contributed by atoms with Crippen LogP contribution in [0.25, 0.3) is 5.76 Å². The number of fused-ring (bicyclic) bond motifs is 3. The van der Waals surface area contributed by atoms with Crippen LogP contribution in [-0.2, 0) is 14.4 Å². The summed E-state index contributed by atoms with van der Waals surface area (Å²) in [5, 5.41) is 53.8. The van der Waals surface area contributed by atoms with Crippen molar-refractivity contribution in [2.24, 2.45) is 17.6 Å². The molecule has 1 fully saturated rings. The highest BCUT2D eigenvalue weighted by molar-refractivity contribution is 6.32. The molecular weight excluding hydrogens is 418 g/mol. The lowest BCUT2D eigenvalue weighted by molar-refractivity contribution is -0.160. The molecular formula is C20H18ClNO8. The van der Waals surface area contributed by atoms with Gasteiger partial charge in [-0.1, -0.05) is 24.6 Å². The van der Waals surface area contributed by atoms with Gasteiger partial charge in [-0.2, -0.15) is 0 Å². The maximum Gasteiger partial charge on any atom is 0.255 e. The number of nitrogens with two attached hydrogens (primary N) is 1. The lowest BCUT2D eigenvalue weighted by Crippen LogP contribution is -2.63. The summed E-state index contributed by atoms with van der Waals surface area (Å²) in [7, 11) is 0. The monoisotopic (exact) mass is 435 g/mol. The smallest absolute Gasteiger partial charge is 0.255 e. The number of aliphatic hydroxyl groups is 4. The molecule has 0 aliphatic heterocycles. The highest BCUT2D eigenvalue weighted by Crippen LogP contribution is 2.56. The van der Waals surface area contributed by atoms with Crippen LogP contribution in [0.5, 0.6) is 5.75 Å². The van der Waals surface area contributed by atoms with Crippen molar-refractivity contribution < 1.29 is 39.9 Å². The van der Waals surface area contributed by atoms with Crippen LogP contribution in [0, 0.1) is 11.8 Å². The number of rotatable bonds is 1. The van der Waals surface area contributed by atoms with Gasteiger partial charge in [0.05, 0.1) is 16.7 Å². The van der Waals surface area contributed by atoms with E-state index in [9.17, 15) is 39.9 Å². The fraction of sp³-hybridized carbons (Fsp3) is 0.350. The maximum atomic E-state index is 13.4. The lowest BCUT2D eigenvalue weighted by atomic mass is 9.55. The molecule has 10 heteroatoms. The van der Waals surface area contributed by atoms with Gasteiger partial charge in [0.25, 0.3) is 5.91 Å². The van der Waals surface area contributed by atoms with E-state index in [0.717, 1.165) is 0 Å². The average molecular weight is 436 g/mol. The van der Waals surface area contributed by atoms with Crippen LogP contribution in [-0.4, -0.2) is 54.7 Å². The second-order valence-corrected chi connectivity index (χ2v) is 8.25. The van der Waals surface area contributed by atoms with Gasteiger partial charge in [-0.25, -0.2) is 0 Å². The van der Waals surface area contributed by atoms with Crippen molar-refractivity contribution >= 4 is 34.8 Å². The van der Waals surface area contributed by atoms with Crippen molar-refractivity contribution in [3.63, 3.8) is 0 Å². The molecule has 5 atom stereocenters. The first kappa shape index (κ1) is 20.4. The van der Waals surface area contributed by atoms with Gasteiger partial charge in [0.1, 0.15) is 22.8 Å².